The molecule has 9 heteroatoms. The summed E-state index contributed by atoms with van der Waals surface area (Å²) in [6.45, 7) is 5.11. The first kappa shape index (κ1) is 14.7. The summed E-state index contributed by atoms with van der Waals surface area (Å²) in [5.74, 6) is 0.124. The molecule has 0 aliphatic heterocycles. The van der Waals surface area contributed by atoms with Gasteiger partial charge in [0.1, 0.15) is 11.6 Å². The molecule has 0 aliphatic carbocycles. The van der Waals surface area contributed by atoms with Crippen LogP contribution in [0.15, 0.2) is 10.9 Å². The molecule has 0 saturated carbocycles. The number of ether oxygens (including phenoxy) is 1. The van der Waals surface area contributed by atoms with Gasteiger partial charge >= 0.3 is 12.2 Å². The molecule has 1 aromatic rings. The Morgan fingerprint density at radius 2 is 2.21 bits per heavy atom. The van der Waals surface area contributed by atoms with Crippen LogP contribution in [0.1, 0.15) is 32.6 Å². The molecule has 0 saturated heterocycles. The van der Waals surface area contributed by atoms with E-state index >= 15 is 0 Å². The highest BCUT2D eigenvalue weighted by molar-refractivity contribution is 5.68. The summed E-state index contributed by atoms with van der Waals surface area (Å²) in [6.07, 6.45) is -0.853. The third-order valence-electron chi connectivity index (χ3n) is 1.84. The quantitative estimate of drug-likeness (QED) is 0.743. The van der Waals surface area contributed by atoms with Crippen molar-refractivity contribution in [2.24, 2.45) is 0 Å². The van der Waals surface area contributed by atoms with Gasteiger partial charge in [-0.25, -0.2) is 9.59 Å². The van der Waals surface area contributed by atoms with Gasteiger partial charge in [0.05, 0.1) is 0 Å². The van der Waals surface area contributed by atoms with E-state index in [1.165, 1.54) is 0 Å². The van der Waals surface area contributed by atoms with E-state index in [1.807, 2.05) is 0 Å². The molecule has 3 N–H and O–H groups in total. The lowest BCUT2D eigenvalue weighted by molar-refractivity contribution is 0.0521. The first-order valence-corrected chi connectivity index (χ1v) is 5.50. The van der Waals surface area contributed by atoms with Gasteiger partial charge in [-0.1, -0.05) is 5.16 Å². The average Bonchev–Trinajstić information content (AvgIpc) is 2.74. The summed E-state index contributed by atoms with van der Waals surface area (Å²) < 4.78 is 9.55. The third kappa shape index (κ3) is 5.70. The zero-order valence-electron chi connectivity index (χ0n) is 10.8. The SMILES string of the molecule is CC(C)(C)OC(=O)NC[C@H](NC(=O)O)c1ncon1. The van der Waals surface area contributed by atoms with Crippen molar-refractivity contribution in [1.29, 1.82) is 0 Å². The number of carbonyl (C=O) groups is 2. The number of amides is 2. The van der Waals surface area contributed by atoms with E-state index in [0.29, 0.717) is 0 Å². The molecule has 106 valence electrons. The molecule has 0 spiro atoms. The Morgan fingerprint density at radius 1 is 1.53 bits per heavy atom. The zero-order chi connectivity index (χ0) is 14.5. The predicted molar refractivity (Wildman–Crippen MR) is 62.4 cm³/mol. The van der Waals surface area contributed by atoms with Gasteiger partial charge in [-0.15, -0.1) is 0 Å². The van der Waals surface area contributed by atoms with Crippen LogP contribution in [0.25, 0.3) is 0 Å². The second-order valence-corrected chi connectivity index (χ2v) is 4.67. The van der Waals surface area contributed by atoms with Gasteiger partial charge in [-0.2, -0.15) is 4.98 Å². The highest BCUT2D eigenvalue weighted by atomic mass is 16.6. The van der Waals surface area contributed by atoms with Gasteiger partial charge < -0.3 is 25.0 Å². The van der Waals surface area contributed by atoms with E-state index in [-0.39, 0.29) is 12.4 Å². The van der Waals surface area contributed by atoms with Crippen LogP contribution < -0.4 is 10.6 Å². The first-order valence-electron chi connectivity index (χ1n) is 5.50. The minimum Gasteiger partial charge on any atom is -0.465 e. The molecule has 1 aromatic heterocycles. The van der Waals surface area contributed by atoms with Crippen LogP contribution in [0.5, 0.6) is 0 Å². The van der Waals surface area contributed by atoms with Gasteiger partial charge in [0.15, 0.2) is 5.82 Å². The molecule has 0 aliphatic rings. The Bertz CT molecular complexity index is 426. The van der Waals surface area contributed by atoms with Crippen LogP contribution >= 0.6 is 0 Å². The predicted octanol–water partition coefficient (Wildman–Crippen LogP) is 0.903. The Balaban J connectivity index is 2.55. The molecule has 0 radical (unpaired) electrons. The van der Waals surface area contributed by atoms with Crippen molar-refractivity contribution in [2.75, 3.05) is 6.54 Å². The molecular weight excluding hydrogens is 256 g/mol. The minimum absolute atomic E-state index is 0.0548. The van der Waals surface area contributed by atoms with Crippen LogP contribution in [0.4, 0.5) is 9.59 Å². The van der Waals surface area contributed by atoms with Crippen molar-refractivity contribution in [3.8, 4) is 0 Å². The number of alkyl carbamates (subject to hydrolysis) is 1. The molecule has 0 bridgehead atoms. The number of rotatable bonds is 4. The molecule has 2 amide bonds. The number of carbonyl (C=O) groups excluding carboxylic acids is 1. The zero-order valence-corrected chi connectivity index (χ0v) is 10.8. The molecule has 0 fully saturated rings. The van der Waals surface area contributed by atoms with Crippen molar-refractivity contribution < 1.29 is 24.0 Å². The topological polar surface area (TPSA) is 127 Å². The van der Waals surface area contributed by atoms with Crippen molar-refractivity contribution in [3.05, 3.63) is 12.2 Å². The Kier molecular flexibility index (Phi) is 4.67. The fourth-order valence-corrected chi connectivity index (χ4v) is 1.19. The molecule has 1 heterocycles. The molecule has 0 unspecified atom stereocenters. The summed E-state index contributed by atoms with van der Waals surface area (Å²) in [6, 6.07) is -0.816. The summed E-state index contributed by atoms with van der Waals surface area (Å²) in [4.78, 5) is 25.8. The van der Waals surface area contributed by atoms with Gasteiger partial charge in [0.2, 0.25) is 6.39 Å². The van der Waals surface area contributed by atoms with Crippen molar-refractivity contribution in [2.45, 2.75) is 32.4 Å². The molecule has 9 nitrogen and oxygen atoms in total. The molecule has 1 atom stereocenters. The van der Waals surface area contributed by atoms with Crippen molar-refractivity contribution >= 4 is 12.2 Å². The van der Waals surface area contributed by atoms with Crippen LogP contribution in [-0.2, 0) is 4.74 Å². The van der Waals surface area contributed by atoms with Crippen molar-refractivity contribution in [1.82, 2.24) is 20.8 Å². The smallest absolute Gasteiger partial charge is 0.407 e. The number of carboxylic acid groups (broad SMARTS) is 1. The lowest BCUT2D eigenvalue weighted by Crippen LogP contribution is -2.40. The first-order chi connectivity index (χ1) is 8.78. The summed E-state index contributed by atoms with van der Waals surface area (Å²) in [5, 5.41) is 16.8. The van der Waals surface area contributed by atoms with Crippen LogP contribution in [0.2, 0.25) is 0 Å². The lowest BCUT2D eigenvalue weighted by atomic mass is 10.2. The second-order valence-electron chi connectivity index (χ2n) is 4.67. The lowest BCUT2D eigenvalue weighted by Gasteiger charge is -2.21. The van der Waals surface area contributed by atoms with E-state index in [2.05, 4.69) is 25.3 Å². The number of aromatic nitrogens is 2. The van der Waals surface area contributed by atoms with Gasteiger partial charge in [-0.05, 0) is 20.8 Å². The average molecular weight is 272 g/mol. The van der Waals surface area contributed by atoms with E-state index in [0.717, 1.165) is 6.39 Å². The van der Waals surface area contributed by atoms with E-state index in [9.17, 15) is 9.59 Å². The molecule has 19 heavy (non-hydrogen) atoms. The maximum Gasteiger partial charge on any atom is 0.407 e. The van der Waals surface area contributed by atoms with Crippen molar-refractivity contribution in [3.63, 3.8) is 0 Å². The number of hydrogen-bond donors (Lipinski definition) is 3. The van der Waals surface area contributed by atoms with E-state index < -0.39 is 23.8 Å². The third-order valence-corrected chi connectivity index (χ3v) is 1.84. The minimum atomic E-state index is -1.26. The van der Waals surface area contributed by atoms with Crippen LogP contribution in [0.3, 0.4) is 0 Å². The summed E-state index contributed by atoms with van der Waals surface area (Å²) in [5.41, 5.74) is -0.633. The largest absolute Gasteiger partial charge is 0.465 e. The maximum absolute atomic E-state index is 11.4. The summed E-state index contributed by atoms with van der Waals surface area (Å²) in [7, 11) is 0. The van der Waals surface area contributed by atoms with E-state index in [1.54, 1.807) is 20.8 Å². The fourth-order valence-electron chi connectivity index (χ4n) is 1.19. The monoisotopic (exact) mass is 272 g/mol. The standard InChI is InChI=1S/C10H16N4O5/c1-10(2,3)19-9(17)11-4-6(13-8(15)16)7-12-5-18-14-7/h5-6,13H,4H2,1-3H3,(H,11,17)(H,15,16)/t6-/m0/s1. The maximum atomic E-state index is 11.4. The molecule has 0 aromatic carbocycles. The normalized spacial score (nSPS) is 12.6. The highest BCUT2D eigenvalue weighted by Gasteiger charge is 2.21. The number of nitrogens with one attached hydrogen (secondary N) is 2. The highest BCUT2D eigenvalue weighted by Crippen LogP contribution is 2.08. The fraction of sp³-hybridized carbons (Fsp3) is 0.600. The van der Waals surface area contributed by atoms with Gasteiger partial charge in [-0.3, -0.25) is 0 Å². The Morgan fingerprint density at radius 3 is 2.68 bits per heavy atom. The van der Waals surface area contributed by atoms with Crippen LogP contribution in [-0.4, -0.2) is 39.6 Å². The molecule has 1 rings (SSSR count). The Labute approximate surface area is 109 Å². The number of nitrogens with zero attached hydrogens (tertiary/aromatic N) is 2. The van der Waals surface area contributed by atoms with E-state index in [4.69, 9.17) is 9.84 Å². The van der Waals surface area contributed by atoms with Gasteiger partial charge in [0, 0.05) is 6.54 Å². The van der Waals surface area contributed by atoms with Gasteiger partial charge in [0.25, 0.3) is 0 Å². The van der Waals surface area contributed by atoms with Crippen LogP contribution in [0, 0.1) is 0 Å². The number of hydrogen-bond acceptors (Lipinski definition) is 6. The molecular formula is C10H16N4O5. The summed E-state index contributed by atoms with van der Waals surface area (Å²) >= 11 is 0. The second kappa shape index (κ2) is 6.03. The Hall–Kier alpha value is -2.32.